The van der Waals surface area contributed by atoms with Crippen molar-refractivity contribution in [2.24, 2.45) is 16.5 Å². The third-order valence-electron chi connectivity index (χ3n) is 8.84. The standard InChI is InChI=1S/C28H35N9O5/c1-14-6-5-10-31-19(14)23(39)32-12-17-21-27(36-24(29)35-21)28(40,41)18(13-37(27)25(30)33-17)34-22(38)15-7-4-8-16-20(15)42-11-9-26(16,2)3/h4-8,10,17-18,21,40-41H,9,11-13H2,1-3H3,(H7,29,30,32,33,34,35,36,38,39)/p+1/t17-,18?,21-,27-/m0/s1. The molecule has 0 radical (unpaired) electrons. The number of carbonyl (C=O) groups excluding carboxylic acids is 2. The lowest BCUT2D eigenvalue weighted by atomic mass is 9.79. The Morgan fingerprint density at radius 2 is 1.98 bits per heavy atom. The predicted octanol–water partition coefficient (Wildman–Crippen LogP) is -2.05. The van der Waals surface area contributed by atoms with Crippen molar-refractivity contribution in [3.05, 3.63) is 58.9 Å². The summed E-state index contributed by atoms with van der Waals surface area (Å²) in [6, 6.07) is 6.08. The zero-order chi connectivity index (χ0) is 30.0. The average Bonchev–Trinajstić information content (AvgIpc) is 3.41. The number of nitrogens with two attached hydrogens (primary N) is 2. The predicted molar refractivity (Wildman–Crippen MR) is 152 cm³/mol. The molecule has 1 aromatic heterocycles. The van der Waals surface area contributed by atoms with Crippen LogP contribution in [0.15, 0.2) is 41.5 Å². The van der Waals surface area contributed by atoms with Gasteiger partial charge in [-0.1, -0.05) is 32.0 Å². The number of nitrogens with zero attached hydrogens (tertiary/aromatic N) is 3. The first-order valence-electron chi connectivity index (χ1n) is 13.9. The molecule has 14 heteroatoms. The molecule has 4 aliphatic rings. The van der Waals surface area contributed by atoms with E-state index in [2.05, 4.69) is 45.1 Å². The first-order chi connectivity index (χ1) is 19.9. The second-order valence-electron chi connectivity index (χ2n) is 11.9. The van der Waals surface area contributed by atoms with Gasteiger partial charge in [-0.2, -0.15) is 0 Å². The van der Waals surface area contributed by atoms with Crippen LogP contribution in [0.5, 0.6) is 5.75 Å². The molecule has 4 aliphatic heterocycles. The summed E-state index contributed by atoms with van der Waals surface area (Å²) in [7, 11) is 0. The van der Waals surface area contributed by atoms with Crippen LogP contribution in [0.25, 0.3) is 0 Å². The zero-order valence-corrected chi connectivity index (χ0v) is 23.6. The molecule has 0 bridgehead atoms. The summed E-state index contributed by atoms with van der Waals surface area (Å²) in [6.45, 7) is 6.38. The van der Waals surface area contributed by atoms with Gasteiger partial charge in [-0.3, -0.25) is 25.6 Å². The number of amides is 2. The third-order valence-corrected chi connectivity index (χ3v) is 8.84. The van der Waals surface area contributed by atoms with E-state index in [1.54, 1.807) is 31.2 Å². The van der Waals surface area contributed by atoms with Gasteiger partial charge < -0.3 is 36.6 Å². The van der Waals surface area contributed by atoms with E-state index in [1.165, 1.54) is 10.8 Å². The van der Waals surface area contributed by atoms with Crippen LogP contribution >= 0.6 is 0 Å². The molecule has 5 heterocycles. The van der Waals surface area contributed by atoms with Crippen molar-refractivity contribution in [1.29, 1.82) is 0 Å². The van der Waals surface area contributed by atoms with Crippen LogP contribution in [-0.4, -0.2) is 92.8 Å². The first-order valence-corrected chi connectivity index (χ1v) is 13.9. The Morgan fingerprint density at radius 1 is 1.19 bits per heavy atom. The molecule has 2 aromatic rings. The summed E-state index contributed by atoms with van der Waals surface area (Å²) < 4.78 is 7.41. The highest BCUT2D eigenvalue weighted by atomic mass is 16.5. The Hall–Kier alpha value is -4.43. The van der Waals surface area contributed by atoms with Gasteiger partial charge in [0, 0.05) is 11.8 Å². The van der Waals surface area contributed by atoms with Gasteiger partial charge in [-0.05, 0) is 36.5 Å². The topological polar surface area (TPSA) is 212 Å². The molecule has 2 amide bonds. The van der Waals surface area contributed by atoms with Gasteiger partial charge in [0.1, 0.15) is 29.6 Å². The van der Waals surface area contributed by atoms with Crippen molar-refractivity contribution in [2.75, 3.05) is 19.7 Å². The number of guanidine groups is 2. The summed E-state index contributed by atoms with van der Waals surface area (Å²) in [5.41, 5.74) is 12.8. The lowest BCUT2D eigenvalue weighted by Gasteiger charge is -2.43. The second-order valence-corrected chi connectivity index (χ2v) is 11.9. The highest BCUT2D eigenvalue weighted by Crippen LogP contribution is 2.43. The maximum Gasteiger partial charge on any atom is 0.346 e. The van der Waals surface area contributed by atoms with E-state index in [4.69, 9.17) is 16.2 Å². The monoisotopic (exact) mass is 578 g/mol. The molecule has 0 aliphatic carbocycles. The fourth-order valence-corrected chi connectivity index (χ4v) is 6.52. The fourth-order valence-electron chi connectivity index (χ4n) is 6.52. The third kappa shape index (κ3) is 4.04. The number of aromatic nitrogens is 1. The number of fused-ring (bicyclic) bond motifs is 1. The lowest BCUT2D eigenvalue weighted by Crippen LogP contribution is -2.79. The molecule has 6 rings (SSSR count). The Bertz CT molecular complexity index is 1540. The summed E-state index contributed by atoms with van der Waals surface area (Å²) in [6.07, 6.45) is 2.34. The highest BCUT2D eigenvalue weighted by molar-refractivity contribution is 5.98. The SMILES string of the molecule is Cc1cccnc1C(=O)NC[C@@H]1NC(N)=[N+]2CC(NC(=O)c3cccc4c3OCCC4(C)C)C(O)(O)[C@@]23NC(N)=N[C@@H]13. The Morgan fingerprint density at radius 3 is 2.74 bits per heavy atom. The average molecular weight is 579 g/mol. The minimum Gasteiger partial charge on any atom is -0.492 e. The zero-order valence-electron chi connectivity index (χ0n) is 23.6. The highest BCUT2D eigenvalue weighted by Gasteiger charge is 2.75. The number of hydrogen-bond donors (Lipinski definition) is 8. The minimum absolute atomic E-state index is 0.0185. The number of aliphatic imine (C=N–C) groups is 1. The maximum atomic E-state index is 13.6. The molecule has 10 N–H and O–H groups in total. The molecular formula is C28H36N9O5+. The normalized spacial score (nSPS) is 28.2. The number of carbonyl (C=O) groups is 2. The van der Waals surface area contributed by atoms with Crippen molar-refractivity contribution in [3.63, 3.8) is 0 Å². The van der Waals surface area contributed by atoms with Gasteiger partial charge >= 0.3 is 5.96 Å². The van der Waals surface area contributed by atoms with E-state index in [-0.39, 0.29) is 36.1 Å². The van der Waals surface area contributed by atoms with Crippen LogP contribution in [0.2, 0.25) is 0 Å². The summed E-state index contributed by atoms with van der Waals surface area (Å²) in [5, 5.41) is 35.2. The fraction of sp³-hybridized carbons (Fsp3) is 0.464. The van der Waals surface area contributed by atoms with E-state index in [0.29, 0.717) is 23.5 Å². The Balaban J connectivity index is 1.27. The molecule has 4 atom stereocenters. The van der Waals surface area contributed by atoms with Crippen LogP contribution in [0.1, 0.15) is 52.2 Å². The van der Waals surface area contributed by atoms with E-state index in [1.807, 2.05) is 6.07 Å². The number of rotatable bonds is 5. The minimum atomic E-state index is -2.60. The first kappa shape index (κ1) is 27.7. The van der Waals surface area contributed by atoms with Crippen molar-refractivity contribution in [3.8, 4) is 5.75 Å². The largest absolute Gasteiger partial charge is 0.492 e. The number of aliphatic hydroxyl groups is 2. The molecule has 222 valence electrons. The van der Waals surface area contributed by atoms with Crippen molar-refractivity contribution >= 4 is 23.7 Å². The van der Waals surface area contributed by atoms with E-state index in [0.717, 1.165) is 12.0 Å². The summed E-state index contributed by atoms with van der Waals surface area (Å²) >= 11 is 0. The number of para-hydroxylation sites is 1. The van der Waals surface area contributed by atoms with Crippen LogP contribution in [0.3, 0.4) is 0 Å². The van der Waals surface area contributed by atoms with E-state index in [9.17, 15) is 19.8 Å². The van der Waals surface area contributed by atoms with Gasteiger partial charge in [0.05, 0.1) is 25.3 Å². The summed E-state index contributed by atoms with van der Waals surface area (Å²) in [5.74, 6) is -2.98. The van der Waals surface area contributed by atoms with Crippen LogP contribution < -0.4 is 37.5 Å². The van der Waals surface area contributed by atoms with Crippen molar-refractivity contribution < 1.29 is 29.1 Å². The smallest absolute Gasteiger partial charge is 0.346 e. The van der Waals surface area contributed by atoms with Gasteiger partial charge in [0.2, 0.25) is 11.4 Å². The lowest BCUT2D eigenvalue weighted by molar-refractivity contribution is -0.623. The van der Waals surface area contributed by atoms with E-state index >= 15 is 0 Å². The summed E-state index contributed by atoms with van der Waals surface area (Å²) in [4.78, 5) is 35.1. The van der Waals surface area contributed by atoms with Gasteiger partial charge in [0.15, 0.2) is 5.96 Å². The molecule has 1 aromatic carbocycles. The van der Waals surface area contributed by atoms with Crippen molar-refractivity contribution in [2.45, 2.75) is 62.2 Å². The molecular weight excluding hydrogens is 542 g/mol. The molecule has 1 saturated heterocycles. The number of hydrogen-bond acceptors (Lipinski definition) is 11. The number of nitrogens with one attached hydrogen (secondary N) is 4. The molecule has 1 unspecified atom stereocenters. The Kier molecular flexibility index (Phi) is 6.31. The van der Waals surface area contributed by atoms with Gasteiger partial charge in [-0.25, -0.2) is 9.57 Å². The second kappa shape index (κ2) is 9.56. The Labute approximate surface area is 242 Å². The maximum absolute atomic E-state index is 13.6. The number of pyridine rings is 1. The number of aryl methyl sites for hydroxylation is 1. The number of ether oxygens (including phenoxy) is 1. The molecule has 14 nitrogen and oxygen atoms in total. The van der Waals surface area contributed by atoms with Gasteiger partial charge in [0.25, 0.3) is 11.8 Å². The van der Waals surface area contributed by atoms with Crippen molar-refractivity contribution in [1.82, 2.24) is 26.3 Å². The van der Waals surface area contributed by atoms with Gasteiger partial charge in [-0.15, -0.1) is 0 Å². The quantitative estimate of drug-likeness (QED) is 0.144. The molecule has 42 heavy (non-hydrogen) atoms. The van der Waals surface area contributed by atoms with Crippen LogP contribution in [-0.2, 0) is 5.41 Å². The molecule has 0 saturated carbocycles. The molecule has 1 fully saturated rings. The van der Waals surface area contributed by atoms with Crippen LogP contribution in [0, 0.1) is 6.92 Å². The van der Waals surface area contributed by atoms with Crippen LogP contribution in [0.4, 0.5) is 0 Å². The number of benzene rings is 1. The molecule has 1 spiro atoms. The van der Waals surface area contributed by atoms with E-state index < -0.39 is 41.4 Å².